The summed E-state index contributed by atoms with van der Waals surface area (Å²) in [7, 11) is 0. The van der Waals surface area contributed by atoms with Gasteiger partial charge in [0.1, 0.15) is 5.72 Å². The molecular formula is C17H25NO3. The lowest BCUT2D eigenvalue weighted by atomic mass is 9.76. The zero-order valence-corrected chi connectivity index (χ0v) is 12.7. The van der Waals surface area contributed by atoms with Crippen LogP contribution < -0.4 is 0 Å². The number of aliphatic hydroxyl groups excluding tert-OH is 1. The fourth-order valence-electron chi connectivity index (χ4n) is 6.63. The summed E-state index contributed by atoms with van der Waals surface area (Å²) >= 11 is 0. The van der Waals surface area contributed by atoms with Crippen molar-refractivity contribution in [1.29, 1.82) is 0 Å². The van der Waals surface area contributed by atoms with Crippen molar-refractivity contribution in [3.8, 4) is 0 Å². The number of hydrogen-bond donors (Lipinski definition) is 1. The van der Waals surface area contributed by atoms with Crippen LogP contribution in [-0.2, 0) is 9.53 Å². The maximum absolute atomic E-state index is 13.2. The molecule has 2 heterocycles. The topological polar surface area (TPSA) is 49.8 Å². The number of carbonyl (C=O) groups excluding carboxylic acids is 1. The molecule has 0 aromatic rings. The van der Waals surface area contributed by atoms with E-state index in [1.807, 2.05) is 0 Å². The van der Waals surface area contributed by atoms with E-state index in [0.717, 1.165) is 25.7 Å². The predicted octanol–water partition coefficient (Wildman–Crippen LogP) is 1.91. The number of nitrogens with zero attached hydrogens (tertiary/aromatic N) is 1. The van der Waals surface area contributed by atoms with Gasteiger partial charge in [-0.15, -0.1) is 0 Å². The number of carbonyl (C=O) groups is 1. The summed E-state index contributed by atoms with van der Waals surface area (Å²) in [5.74, 6) is 1.30. The van der Waals surface area contributed by atoms with Gasteiger partial charge >= 0.3 is 0 Å². The van der Waals surface area contributed by atoms with Crippen LogP contribution in [0.3, 0.4) is 0 Å². The average molecular weight is 291 g/mol. The maximum atomic E-state index is 13.2. The van der Waals surface area contributed by atoms with Crippen molar-refractivity contribution in [2.75, 3.05) is 0 Å². The van der Waals surface area contributed by atoms with E-state index in [-0.39, 0.29) is 23.7 Å². The number of rotatable bonds is 2. The summed E-state index contributed by atoms with van der Waals surface area (Å²) in [6.45, 7) is 2.16. The third kappa shape index (κ3) is 1.29. The summed E-state index contributed by atoms with van der Waals surface area (Å²) in [6, 6.07) is 0.382. The molecule has 2 aliphatic heterocycles. The second-order valence-corrected chi connectivity index (χ2v) is 7.89. The molecule has 4 nitrogen and oxygen atoms in total. The van der Waals surface area contributed by atoms with Crippen molar-refractivity contribution < 1.29 is 14.6 Å². The van der Waals surface area contributed by atoms with Gasteiger partial charge in [0.25, 0.3) is 0 Å². The standard InChI is InChI=1S/C17H25NO3/c1-2-17-13-11-8-10(14(19)15(11)21-17)12(13)16(20)18(17)9-6-4-3-5-7-9/h9-15,19H,2-8H2,1H3/t10-,11-,12-,13-,14+,15-,17-/m0/s1. The number of likely N-dealkylation sites (tertiary alicyclic amines) is 1. The Bertz CT molecular complexity index is 488. The van der Waals surface area contributed by atoms with Crippen LogP contribution in [0.15, 0.2) is 0 Å². The molecule has 5 fully saturated rings. The van der Waals surface area contributed by atoms with Crippen molar-refractivity contribution in [1.82, 2.24) is 4.90 Å². The number of hydrogen-bond acceptors (Lipinski definition) is 3. The Morgan fingerprint density at radius 2 is 2.05 bits per heavy atom. The third-order valence-electron chi connectivity index (χ3n) is 7.29. The van der Waals surface area contributed by atoms with E-state index in [1.165, 1.54) is 19.3 Å². The average Bonchev–Trinajstić information content (AvgIpc) is 3.16. The number of aliphatic hydroxyl groups is 1. The molecule has 0 aromatic heterocycles. The van der Waals surface area contributed by atoms with E-state index in [2.05, 4.69) is 11.8 Å². The molecule has 2 bridgehead atoms. The summed E-state index contributed by atoms with van der Waals surface area (Å²) in [6.07, 6.45) is 7.54. The Morgan fingerprint density at radius 1 is 1.29 bits per heavy atom. The lowest BCUT2D eigenvalue weighted by Gasteiger charge is -2.44. The van der Waals surface area contributed by atoms with E-state index in [9.17, 15) is 9.90 Å². The second kappa shape index (κ2) is 4.02. The quantitative estimate of drug-likeness (QED) is 0.845. The Morgan fingerprint density at radius 3 is 2.76 bits per heavy atom. The smallest absolute Gasteiger partial charge is 0.229 e. The highest BCUT2D eigenvalue weighted by Crippen LogP contribution is 2.68. The van der Waals surface area contributed by atoms with Gasteiger partial charge in [-0.3, -0.25) is 4.79 Å². The van der Waals surface area contributed by atoms with Gasteiger partial charge in [-0.2, -0.15) is 0 Å². The van der Waals surface area contributed by atoms with Gasteiger partial charge in [0.2, 0.25) is 5.91 Å². The molecule has 21 heavy (non-hydrogen) atoms. The van der Waals surface area contributed by atoms with Gasteiger partial charge in [0, 0.05) is 12.0 Å². The lowest BCUT2D eigenvalue weighted by molar-refractivity contribution is -0.189. The Labute approximate surface area is 125 Å². The molecule has 1 amide bonds. The van der Waals surface area contributed by atoms with Crippen LogP contribution in [0.25, 0.3) is 0 Å². The molecule has 4 heteroatoms. The zero-order chi connectivity index (χ0) is 14.4. The Kier molecular flexibility index (Phi) is 2.47. The van der Waals surface area contributed by atoms with Crippen LogP contribution in [0, 0.1) is 23.7 Å². The Balaban J connectivity index is 1.58. The van der Waals surface area contributed by atoms with Crippen molar-refractivity contribution in [2.45, 2.75) is 75.8 Å². The van der Waals surface area contributed by atoms with E-state index in [1.54, 1.807) is 0 Å². The van der Waals surface area contributed by atoms with E-state index in [4.69, 9.17) is 4.74 Å². The molecule has 0 unspecified atom stereocenters. The minimum Gasteiger partial charge on any atom is -0.390 e. The molecule has 1 N–H and O–H groups in total. The van der Waals surface area contributed by atoms with Crippen LogP contribution in [-0.4, -0.2) is 39.9 Å². The SMILES string of the molecule is CC[C@]12O[C@@H]3[C@H](O)[C@H]4C[C@H]3[C@H]1[C@H]4C(=O)N2C1CCCCC1. The van der Waals surface area contributed by atoms with Crippen LogP contribution in [0.2, 0.25) is 0 Å². The zero-order valence-electron chi connectivity index (χ0n) is 12.7. The van der Waals surface area contributed by atoms with Crippen molar-refractivity contribution in [3.63, 3.8) is 0 Å². The molecule has 3 aliphatic carbocycles. The van der Waals surface area contributed by atoms with Crippen molar-refractivity contribution in [2.24, 2.45) is 23.7 Å². The minimum absolute atomic E-state index is 0.00427. The van der Waals surface area contributed by atoms with Crippen LogP contribution >= 0.6 is 0 Å². The number of fused-ring (bicyclic) bond motifs is 2. The van der Waals surface area contributed by atoms with Gasteiger partial charge < -0.3 is 14.7 Å². The van der Waals surface area contributed by atoms with Crippen molar-refractivity contribution >= 4 is 5.91 Å². The van der Waals surface area contributed by atoms with Crippen molar-refractivity contribution in [3.05, 3.63) is 0 Å². The molecule has 5 aliphatic rings. The molecule has 5 rings (SSSR count). The molecular weight excluding hydrogens is 266 g/mol. The maximum Gasteiger partial charge on any atom is 0.229 e. The highest BCUT2D eigenvalue weighted by molar-refractivity contribution is 5.85. The van der Waals surface area contributed by atoms with Crippen LogP contribution in [0.1, 0.15) is 51.9 Å². The number of amides is 1. The van der Waals surface area contributed by atoms with Gasteiger partial charge in [-0.1, -0.05) is 26.2 Å². The molecule has 7 atom stereocenters. The van der Waals surface area contributed by atoms with E-state index >= 15 is 0 Å². The molecule has 0 spiro atoms. The first kappa shape index (κ1) is 12.9. The van der Waals surface area contributed by atoms with Gasteiger partial charge in [0.05, 0.1) is 18.1 Å². The first-order chi connectivity index (χ1) is 10.2. The monoisotopic (exact) mass is 291 g/mol. The first-order valence-electron chi connectivity index (χ1n) is 8.88. The fourth-order valence-corrected chi connectivity index (χ4v) is 6.63. The molecule has 116 valence electrons. The Hall–Kier alpha value is -0.610. The molecule has 2 saturated heterocycles. The lowest BCUT2D eigenvalue weighted by Crippen LogP contribution is -2.55. The van der Waals surface area contributed by atoms with Gasteiger partial charge in [-0.25, -0.2) is 0 Å². The summed E-state index contributed by atoms with van der Waals surface area (Å²) in [5, 5.41) is 10.5. The van der Waals surface area contributed by atoms with Gasteiger partial charge in [0.15, 0.2) is 0 Å². The number of ether oxygens (including phenoxy) is 1. The summed E-state index contributed by atoms with van der Waals surface area (Å²) < 4.78 is 6.47. The molecule has 0 aromatic carbocycles. The highest BCUT2D eigenvalue weighted by atomic mass is 16.6. The fraction of sp³-hybridized carbons (Fsp3) is 0.941. The van der Waals surface area contributed by atoms with Gasteiger partial charge in [-0.05, 0) is 37.5 Å². The first-order valence-corrected chi connectivity index (χ1v) is 8.88. The largest absolute Gasteiger partial charge is 0.390 e. The molecule has 0 radical (unpaired) electrons. The van der Waals surface area contributed by atoms with E-state index < -0.39 is 6.10 Å². The van der Waals surface area contributed by atoms with Crippen LogP contribution in [0.4, 0.5) is 0 Å². The third-order valence-corrected chi connectivity index (χ3v) is 7.29. The van der Waals surface area contributed by atoms with Crippen LogP contribution in [0.5, 0.6) is 0 Å². The minimum atomic E-state index is -0.401. The molecule has 3 saturated carbocycles. The van der Waals surface area contributed by atoms with E-state index in [0.29, 0.717) is 23.8 Å². The summed E-state index contributed by atoms with van der Waals surface area (Å²) in [4.78, 5) is 15.3. The second-order valence-electron chi connectivity index (χ2n) is 7.89. The predicted molar refractivity (Wildman–Crippen MR) is 76.2 cm³/mol. The highest BCUT2D eigenvalue weighted by Gasteiger charge is 2.78. The summed E-state index contributed by atoms with van der Waals surface area (Å²) in [5.41, 5.74) is -0.384. The normalized spacial score (nSPS) is 55.0.